The summed E-state index contributed by atoms with van der Waals surface area (Å²) in [6.45, 7) is 1.26. The number of aliphatic hydroxyl groups is 1. The van der Waals surface area contributed by atoms with Gasteiger partial charge >= 0.3 is 6.18 Å². The van der Waals surface area contributed by atoms with Crippen molar-refractivity contribution in [3.8, 4) is 0 Å². The summed E-state index contributed by atoms with van der Waals surface area (Å²) in [6, 6.07) is -0.0598. The van der Waals surface area contributed by atoms with Gasteiger partial charge in [-0.1, -0.05) is 0 Å². The summed E-state index contributed by atoms with van der Waals surface area (Å²) >= 11 is 0. The lowest BCUT2D eigenvalue weighted by Crippen LogP contribution is -2.55. The fourth-order valence-corrected chi connectivity index (χ4v) is 2.50. The van der Waals surface area contributed by atoms with E-state index in [2.05, 4.69) is 4.90 Å². The van der Waals surface area contributed by atoms with Gasteiger partial charge < -0.3 is 10.0 Å². The van der Waals surface area contributed by atoms with Crippen molar-refractivity contribution < 1.29 is 18.3 Å². The van der Waals surface area contributed by atoms with Crippen molar-refractivity contribution in [3.05, 3.63) is 0 Å². The Morgan fingerprint density at radius 1 is 1.29 bits per heavy atom. The van der Waals surface area contributed by atoms with Gasteiger partial charge in [0.2, 0.25) is 0 Å². The molecule has 0 aliphatic carbocycles. The summed E-state index contributed by atoms with van der Waals surface area (Å²) in [6.07, 6.45) is -3.04. The predicted octanol–water partition coefficient (Wildman–Crippen LogP) is 1.54. The number of hydrogen-bond donors (Lipinski definition) is 1. The number of fused-ring (bicyclic) bond motifs is 1. The largest absolute Gasteiger partial charge is 0.417 e. The van der Waals surface area contributed by atoms with E-state index in [9.17, 15) is 18.3 Å². The molecule has 5 heteroatoms. The Morgan fingerprint density at radius 2 is 2.00 bits per heavy atom. The molecular weight excluding hydrogens is 195 g/mol. The number of piperidine rings is 1. The Kier molecular flexibility index (Phi) is 2.27. The van der Waals surface area contributed by atoms with Crippen LogP contribution in [0, 0.1) is 0 Å². The van der Waals surface area contributed by atoms with Crippen LogP contribution >= 0.6 is 0 Å². The lowest BCUT2D eigenvalue weighted by atomic mass is 9.86. The first-order valence-corrected chi connectivity index (χ1v) is 4.95. The van der Waals surface area contributed by atoms with Crippen molar-refractivity contribution in [1.82, 2.24) is 4.90 Å². The zero-order valence-corrected chi connectivity index (χ0v) is 7.85. The van der Waals surface area contributed by atoms with Crippen molar-refractivity contribution in [1.29, 1.82) is 0 Å². The molecule has 0 saturated carbocycles. The van der Waals surface area contributed by atoms with Crippen LogP contribution in [-0.2, 0) is 0 Å². The molecule has 0 aromatic heterocycles. The first kappa shape index (κ1) is 10.2. The van der Waals surface area contributed by atoms with Crippen LogP contribution in [-0.4, -0.2) is 40.9 Å². The average Bonchev–Trinajstić information content (AvgIpc) is 2.48. The normalized spacial score (nSPS) is 39.9. The van der Waals surface area contributed by atoms with Crippen molar-refractivity contribution in [3.63, 3.8) is 0 Å². The highest BCUT2D eigenvalue weighted by Gasteiger charge is 2.57. The molecule has 0 bridgehead atoms. The fourth-order valence-electron chi connectivity index (χ4n) is 2.50. The first-order valence-electron chi connectivity index (χ1n) is 4.95. The molecule has 2 fully saturated rings. The van der Waals surface area contributed by atoms with Crippen LogP contribution in [0.2, 0.25) is 0 Å². The van der Waals surface area contributed by atoms with Gasteiger partial charge in [-0.15, -0.1) is 0 Å². The fraction of sp³-hybridized carbons (Fsp3) is 1.00. The molecule has 2 unspecified atom stereocenters. The van der Waals surface area contributed by atoms with Gasteiger partial charge in [-0.05, 0) is 25.8 Å². The van der Waals surface area contributed by atoms with E-state index < -0.39 is 11.8 Å². The summed E-state index contributed by atoms with van der Waals surface area (Å²) in [4.78, 5) is 2.06. The van der Waals surface area contributed by atoms with E-state index in [0.29, 0.717) is 6.54 Å². The predicted molar refractivity (Wildman–Crippen MR) is 44.8 cm³/mol. The molecule has 2 nitrogen and oxygen atoms in total. The van der Waals surface area contributed by atoms with Gasteiger partial charge in [0.25, 0.3) is 0 Å². The van der Waals surface area contributed by atoms with Gasteiger partial charge in [-0.3, -0.25) is 0 Å². The smallest absolute Gasteiger partial charge is 0.380 e. The van der Waals surface area contributed by atoms with Gasteiger partial charge in [0.1, 0.15) is 0 Å². The Labute approximate surface area is 80.7 Å². The third-order valence-electron chi connectivity index (χ3n) is 3.41. The van der Waals surface area contributed by atoms with Crippen molar-refractivity contribution in [2.45, 2.75) is 43.5 Å². The average molecular weight is 209 g/mol. The second-order valence-corrected chi connectivity index (χ2v) is 4.32. The Bertz CT molecular complexity index is 231. The lowest BCUT2D eigenvalue weighted by molar-refractivity contribution is -0.276. The van der Waals surface area contributed by atoms with E-state index in [1.807, 2.05) is 0 Å². The van der Waals surface area contributed by atoms with E-state index in [1.54, 1.807) is 0 Å². The Hall–Kier alpha value is -0.290. The molecule has 2 saturated heterocycles. The quantitative estimate of drug-likeness (QED) is 0.654. The molecule has 2 aliphatic rings. The van der Waals surface area contributed by atoms with Gasteiger partial charge in [0.05, 0.1) is 0 Å². The van der Waals surface area contributed by atoms with Crippen molar-refractivity contribution in [2.24, 2.45) is 0 Å². The van der Waals surface area contributed by atoms with Gasteiger partial charge in [0, 0.05) is 19.0 Å². The van der Waals surface area contributed by atoms with Crippen LogP contribution in [0.3, 0.4) is 0 Å². The van der Waals surface area contributed by atoms with Crippen LogP contribution in [0.25, 0.3) is 0 Å². The minimum Gasteiger partial charge on any atom is -0.380 e. The lowest BCUT2D eigenvalue weighted by Gasteiger charge is -2.41. The van der Waals surface area contributed by atoms with Crippen LogP contribution < -0.4 is 0 Å². The van der Waals surface area contributed by atoms with Crippen molar-refractivity contribution in [2.75, 3.05) is 13.1 Å². The number of alkyl halides is 3. The van der Waals surface area contributed by atoms with Crippen molar-refractivity contribution >= 4 is 0 Å². The molecule has 2 rings (SSSR count). The zero-order chi connectivity index (χ0) is 10.4. The standard InChI is InChI=1S/C9H14F3NO/c10-9(11,12)8(14)3-5-13-4-1-2-7(13)6-8/h7,14H,1-6H2. The van der Waals surface area contributed by atoms with E-state index in [-0.39, 0.29) is 18.9 Å². The van der Waals surface area contributed by atoms with Crippen LogP contribution in [0.4, 0.5) is 13.2 Å². The SMILES string of the molecule is OC1(C(F)(F)F)CCN2CCCC2C1. The highest BCUT2D eigenvalue weighted by Crippen LogP contribution is 2.42. The number of rotatable bonds is 0. The van der Waals surface area contributed by atoms with Gasteiger partial charge in [0.15, 0.2) is 5.60 Å². The molecule has 82 valence electrons. The third-order valence-corrected chi connectivity index (χ3v) is 3.41. The molecule has 2 heterocycles. The van der Waals surface area contributed by atoms with Crippen LogP contribution in [0.5, 0.6) is 0 Å². The summed E-state index contributed by atoms with van der Waals surface area (Å²) in [7, 11) is 0. The summed E-state index contributed by atoms with van der Waals surface area (Å²) in [5.41, 5.74) is -2.43. The maximum absolute atomic E-state index is 12.5. The van der Waals surface area contributed by atoms with E-state index >= 15 is 0 Å². The molecular formula is C9H14F3NO. The Balaban J connectivity index is 2.10. The van der Waals surface area contributed by atoms with Crippen LogP contribution in [0.15, 0.2) is 0 Å². The van der Waals surface area contributed by atoms with E-state index in [1.165, 1.54) is 0 Å². The summed E-state index contributed by atoms with van der Waals surface area (Å²) < 4.78 is 37.5. The van der Waals surface area contributed by atoms with E-state index in [4.69, 9.17) is 0 Å². The molecule has 2 atom stereocenters. The molecule has 0 aromatic rings. The maximum atomic E-state index is 12.5. The number of nitrogens with zero attached hydrogens (tertiary/aromatic N) is 1. The number of hydrogen-bond acceptors (Lipinski definition) is 2. The highest BCUT2D eigenvalue weighted by molar-refractivity contribution is 4.98. The molecule has 0 radical (unpaired) electrons. The monoisotopic (exact) mass is 209 g/mol. The van der Waals surface area contributed by atoms with Crippen LogP contribution in [0.1, 0.15) is 25.7 Å². The highest BCUT2D eigenvalue weighted by atomic mass is 19.4. The molecule has 1 N–H and O–H groups in total. The Morgan fingerprint density at radius 3 is 2.64 bits per heavy atom. The maximum Gasteiger partial charge on any atom is 0.417 e. The summed E-state index contributed by atoms with van der Waals surface area (Å²) in [5, 5.41) is 9.50. The molecule has 14 heavy (non-hydrogen) atoms. The molecule has 0 amide bonds. The molecule has 0 aromatic carbocycles. The van der Waals surface area contributed by atoms with Gasteiger partial charge in [-0.2, -0.15) is 13.2 Å². The van der Waals surface area contributed by atoms with E-state index in [0.717, 1.165) is 19.4 Å². The topological polar surface area (TPSA) is 23.5 Å². The second-order valence-electron chi connectivity index (χ2n) is 4.32. The third kappa shape index (κ3) is 1.52. The zero-order valence-electron chi connectivity index (χ0n) is 7.85. The van der Waals surface area contributed by atoms with Gasteiger partial charge in [-0.25, -0.2) is 0 Å². The minimum absolute atomic E-state index is 0.0598. The molecule has 2 aliphatic heterocycles. The molecule has 0 spiro atoms. The number of halogens is 3. The second kappa shape index (κ2) is 3.10. The first-order chi connectivity index (χ1) is 6.42. The minimum atomic E-state index is -4.47. The summed E-state index contributed by atoms with van der Waals surface area (Å²) in [5.74, 6) is 0.